The van der Waals surface area contributed by atoms with Crippen LogP contribution in [-0.4, -0.2) is 12.5 Å². The maximum absolute atomic E-state index is 12.0. The molecule has 0 radical (unpaired) electrons. The van der Waals surface area contributed by atoms with E-state index in [2.05, 4.69) is 6.92 Å². The molecule has 1 aromatic rings. The Morgan fingerprint density at radius 1 is 1.50 bits per heavy atom. The second-order valence-electron chi connectivity index (χ2n) is 4.00. The van der Waals surface area contributed by atoms with Gasteiger partial charge < -0.3 is 10.6 Å². The first kappa shape index (κ1) is 11.4. The molecular weight excluding hydrogens is 224 g/mol. The van der Waals surface area contributed by atoms with Crippen LogP contribution in [0.1, 0.15) is 31.4 Å². The molecule has 1 heterocycles. The van der Waals surface area contributed by atoms with Gasteiger partial charge in [0.15, 0.2) is 0 Å². The van der Waals surface area contributed by atoms with Crippen molar-refractivity contribution in [1.29, 1.82) is 0 Å². The summed E-state index contributed by atoms with van der Waals surface area (Å²) in [6.45, 7) is 2.79. The van der Waals surface area contributed by atoms with E-state index < -0.39 is 6.04 Å². The Bertz CT molecular complexity index is 419. The lowest BCUT2D eigenvalue weighted by molar-refractivity contribution is -0.119. The number of nitrogens with two attached hydrogens (primary N) is 1. The minimum atomic E-state index is -0.550. The molecular formula is C12H15ClN2O. The topological polar surface area (TPSA) is 46.3 Å². The summed E-state index contributed by atoms with van der Waals surface area (Å²) < 4.78 is 0. The standard InChI is InChI=1S/C12H15ClN2O/c1-2-3-7-15-11-8(10(14)12(15)16)5-4-6-9(11)13/h4-6,10H,2-3,7,14H2,1H3. The summed E-state index contributed by atoms with van der Waals surface area (Å²) in [5.74, 6) is -0.0449. The molecule has 0 bridgehead atoms. The summed E-state index contributed by atoms with van der Waals surface area (Å²) in [4.78, 5) is 13.7. The van der Waals surface area contributed by atoms with Gasteiger partial charge in [-0.1, -0.05) is 37.1 Å². The second kappa shape index (κ2) is 4.44. The lowest BCUT2D eigenvalue weighted by Gasteiger charge is -2.18. The number of rotatable bonds is 3. The van der Waals surface area contributed by atoms with E-state index in [9.17, 15) is 4.79 Å². The maximum Gasteiger partial charge on any atom is 0.248 e. The van der Waals surface area contributed by atoms with Crippen LogP contribution in [0.4, 0.5) is 5.69 Å². The number of unbranched alkanes of at least 4 members (excludes halogenated alkanes) is 1. The number of nitrogens with zero attached hydrogens (tertiary/aromatic N) is 1. The van der Waals surface area contributed by atoms with E-state index in [0.717, 1.165) is 24.1 Å². The van der Waals surface area contributed by atoms with Gasteiger partial charge in [-0.2, -0.15) is 0 Å². The van der Waals surface area contributed by atoms with Crippen LogP contribution in [0.2, 0.25) is 5.02 Å². The first-order chi connectivity index (χ1) is 7.66. The second-order valence-corrected chi connectivity index (χ2v) is 4.41. The fourth-order valence-corrected chi connectivity index (χ4v) is 2.30. The lowest BCUT2D eigenvalue weighted by atomic mass is 10.1. The monoisotopic (exact) mass is 238 g/mol. The molecule has 1 atom stereocenters. The number of anilines is 1. The normalized spacial score (nSPS) is 19.1. The van der Waals surface area contributed by atoms with Crippen molar-refractivity contribution in [2.24, 2.45) is 5.73 Å². The summed E-state index contributed by atoms with van der Waals surface area (Å²) in [6.07, 6.45) is 2.00. The van der Waals surface area contributed by atoms with Crippen molar-refractivity contribution >= 4 is 23.2 Å². The van der Waals surface area contributed by atoms with Gasteiger partial charge in [-0.3, -0.25) is 4.79 Å². The Morgan fingerprint density at radius 3 is 2.94 bits per heavy atom. The molecule has 0 saturated carbocycles. The summed E-state index contributed by atoms with van der Waals surface area (Å²) in [5.41, 5.74) is 7.51. The minimum Gasteiger partial charge on any atom is -0.316 e. The molecule has 2 rings (SSSR count). The third-order valence-electron chi connectivity index (χ3n) is 2.89. The highest BCUT2D eigenvalue weighted by Gasteiger charge is 2.35. The zero-order chi connectivity index (χ0) is 11.7. The van der Waals surface area contributed by atoms with E-state index >= 15 is 0 Å². The summed E-state index contributed by atoms with van der Waals surface area (Å²) in [5, 5.41) is 0.606. The van der Waals surface area contributed by atoms with Crippen molar-refractivity contribution in [3.63, 3.8) is 0 Å². The van der Waals surface area contributed by atoms with Crippen LogP contribution in [0.25, 0.3) is 0 Å². The minimum absolute atomic E-state index is 0.0449. The average molecular weight is 239 g/mol. The first-order valence-corrected chi connectivity index (χ1v) is 5.90. The Hall–Kier alpha value is -1.06. The van der Waals surface area contributed by atoms with Gasteiger partial charge in [0.25, 0.3) is 0 Å². The van der Waals surface area contributed by atoms with Gasteiger partial charge in [0.1, 0.15) is 6.04 Å². The van der Waals surface area contributed by atoms with E-state index in [-0.39, 0.29) is 5.91 Å². The van der Waals surface area contributed by atoms with Gasteiger partial charge in [-0.05, 0) is 12.5 Å². The quantitative estimate of drug-likeness (QED) is 0.880. The van der Waals surface area contributed by atoms with Gasteiger partial charge in [-0.15, -0.1) is 0 Å². The Balaban J connectivity index is 2.39. The highest BCUT2D eigenvalue weighted by molar-refractivity contribution is 6.34. The van der Waals surface area contributed by atoms with Gasteiger partial charge >= 0.3 is 0 Å². The molecule has 4 heteroatoms. The maximum atomic E-state index is 12.0. The van der Waals surface area contributed by atoms with E-state index in [1.165, 1.54) is 0 Å². The first-order valence-electron chi connectivity index (χ1n) is 5.52. The molecule has 86 valence electrons. The number of benzene rings is 1. The SMILES string of the molecule is CCCCN1C(=O)C(N)c2cccc(Cl)c21. The van der Waals surface area contributed by atoms with Crippen LogP contribution in [-0.2, 0) is 4.79 Å². The molecule has 1 aliphatic heterocycles. The molecule has 1 aliphatic rings. The predicted octanol–water partition coefficient (Wildman–Crippen LogP) is 2.49. The van der Waals surface area contributed by atoms with E-state index in [4.69, 9.17) is 17.3 Å². The number of carbonyl (C=O) groups excluding carboxylic acids is 1. The number of carbonyl (C=O) groups is 1. The smallest absolute Gasteiger partial charge is 0.248 e. The van der Waals surface area contributed by atoms with Gasteiger partial charge in [0, 0.05) is 12.1 Å². The van der Waals surface area contributed by atoms with Crippen molar-refractivity contribution in [3.8, 4) is 0 Å². The summed E-state index contributed by atoms with van der Waals surface area (Å²) in [6, 6.07) is 4.95. The van der Waals surface area contributed by atoms with E-state index in [0.29, 0.717) is 11.6 Å². The zero-order valence-electron chi connectivity index (χ0n) is 9.24. The molecule has 16 heavy (non-hydrogen) atoms. The fourth-order valence-electron chi connectivity index (χ4n) is 2.02. The highest BCUT2D eigenvalue weighted by Crippen LogP contribution is 2.39. The highest BCUT2D eigenvalue weighted by atomic mass is 35.5. The Labute approximate surface area is 100 Å². The molecule has 0 saturated heterocycles. The molecule has 0 aliphatic carbocycles. The van der Waals surface area contributed by atoms with Crippen molar-refractivity contribution in [2.75, 3.05) is 11.4 Å². The van der Waals surface area contributed by atoms with E-state index in [1.54, 1.807) is 11.0 Å². The van der Waals surface area contributed by atoms with Crippen molar-refractivity contribution < 1.29 is 4.79 Å². The lowest BCUT2D eigenvalue weighted by Crippen LogP contribution is -2.32. The number of amides is 1. The number of para-hydroxylation sites is 1. The number of hydrogen-bond acceptors (Lipinski definition) is 2. The number of halogens is 1. The Morgan fingerprint density at radius 2 is 2.25 bits per heavy atom. The van der Waals surface area contributed by atoms with Crippen LogP contribution in [0.15, 0.2) is 18.2 Å². The molecule has 0 spiro atoms. The zero-order valence-corrected chi connectivity index (χ0v) is 10.00. The summed E-state index contributed by atoms with van der Waals surface area (Å²) >= 11 is 6.12. The van der Waals surface area contributed by atoms with Crippen LogP contribution in [0.3, 0.4) is 0 Å². The predicted molar refractivity (Wildman–Crippen MR) is 65.6 cm³/mol. The summed E-state index contributed by atoms with van der Waals surface area (Å²) in [7, 11) is 0. The van der Waals surface area contributed by atoms with Crippen molar-refractivity contribution in [1.82, 2.24) is 0 Å². The average Bonchev–Trinajstić information content (AvgIpc) is 2.52. The van der Waals surface area contributed by atoms with Crippen LogP contribution in [0.5, 0.6) is 0 Å². The molecule has 2 N–H and O–H groups in total. The molecule has 1 unspecified atom stereocenters. The molecule has 1 aromatic carbocycles. The van der Waals surface area contributed by atoms with Crippen molar-refractivity contribution in [3.05, 3.63) is 28.8 Å². The van der Waals surface area contributed by atoms with Gasteiger partial charge in [0.2, 0.25) is 5.91 Å². The van der Waals surface area contributed by atoms with E-state index in [1.807, 2.05) is 12.1 Å². The fraction of sp³-hybridized carbons (Fsp3) is 0.417. The molecule has 0 aromatic heterocycles. The van der Waals surface area contributed by atoms with Gasteiger partial charge in [-0.25, -0.2) is 0 Å². The van der Waals surface area contributed by atoms with Crippen LogP contribution in [0, 0.1) is 0 Å². The third-order valence-corrected chi connectivity index (χ3v) is 3.20. The molecule has 3 nitrogen and oxygen atoms in total. The third kappa shape index (κ3) is 1.70. The largest absolute Gasteiger partial charge is 0.316 e. The van der Waals surface area contributed by atoms with Crippen LogP contribution >= 0.6 is 11.6 Å². The Kier molecular flexibility index (Phi) is 3.17. The number of fused-ring (bicyclic) bond motifs is 1. The van der Waals surface area contributed by atoms with Crippen LogP contribution < -0.4 is 10.6 Å². The van der Waals surface area contributed by atoms with Gasteiger partial charge in [0.05, 0.1) is 10.7 Å². The molecule has 0 fully saturated rings. The van der Waals surface area contributed by atoms with Crippen molar-refractivity contribution in [2.45, 2.75) is 25.8 Å². The number of hydrogen-bond donors (Lipinski definition) is 1. The molecule has 1 amide bonds.